The van der Waals surface area contributed by atoms with E-state index in [1.165, 1.54) is 7.11 Å². The Hall–Kier alpha value is -2.08. The third-order valence-electron chi connectivity index (χ3n) is 3.90. The minimum absolute atomic E-state index is 0.0615. The SMILES string of the molecule is CCc1cccc(OCC(=O)N(CCCOC)CC(C)C(=O)OC)c1. The van der Waals surface area contributed by atoms with Crippen molar-refractivity contribution in [2.75, 3.05) is 40.5 Å². The van der Waals surface area contributed by atoms with Crippen LogP contribution in [0.15, 0.2) is 24.3 Å². The van der Waals surface area contributed by atoms with Gasteiger partial charge in [0, 0.05) is 26.8 Å². The van der Waals surface area contributed by atoms with Gasteiger partial charge in [-0.1, -0.05) is 26.0 Å². The fraction of sp³-hybridized carbons (Fsp3) is 0.579. The lowest BCUT2D eigenvalue weighted by atomic mass is 10.1. The number of esters is 1. The lowest BCUT2D eigenvalue weighted by molar-refractivity contribution is -0.146. The van der Waals surface area contributed by atoms with Crippen LogP contribution in [0.2, 0.25) is 0 Å². The van der Waals surface area contributed by atoms with Crippen molar-refractivity contribution < 1.29 is 23.8 Å². The number of amides is 1. The molecule has 0 spiro atoms. The van der Waals surface area contributed by atoms with E-state index in [1.807, 2.05) is 24.3 Å². The highest BCUT2D eigenvalue weighted by Crippen LogP contribution is 2.14. The van der Waals surface area contributed by atoms with E-state index in [0.29, 0.717) is 31.9 Å². The Morgan fingerprint density at radius 2 is 2.00 bits per heavy atom. The monoisotopic (exact) mass is 351 g/mol. The van der Waals surface area contributed by atoms with Crippen molar-refractivity contribution >= 4 is 11.9 Å². The number of carbonyl (C=O) groups is 2. The number of hydrogen-bond donors (Lipinski definition) is 0. The number of nitrogens with zero attached hydrogens (tertiary/aromatic N) is 1. The molecule has 0 N–H and O–H groups in total. The number of carbonyl (C=O) groups excluding carboxylic acids is 2. The van der Waals surface area contributed by atoms with Gasteiger partial charge in [0.1, 0.15) is 5.75 Å². The van der Waals surface area contributed by atoms with Gasteiger partial charge in [0.25, 0.3) is 5.91 Å². The van der Waals surface area contributed by atoms with Crippen LogP contribution in [0, 0.1) is 5.92 Å². The van der Waals surface area contributed by atoms with Gasteiger partial charge in [-0.2, -0.15) is 0 Å². The first-order valence-electron chi connectivity index (χ1n) is 8.58. The van der Waals surface area contributed by atoms with Crippen molar-refractivity contribution in [1.29, 1.82) is 0 Å². The van der Waals surface area contributed by atoms with Crippen LogP contribution in [0.1, 0.15) is 25.8 Å². The maximum absolute atomic E-state index is 12.5. The normalized spacial score (nSPS) is 11.7. The Bertz CT molecular complexity index is 546. The average molecular weight is 351 g/mol. The molecule has 0 aliphatic rings. The molecule has 0 saturated heterocycles. The predicted molar refractivity (Wildman–Crippen MR) is 95.6 cm³/mol. The van der Waals surface area contributed by atoms with Crippen molar-refractivity contribution in [1.82, 2.24) is 4.90 Å². The van der Waals surface area contributed by atoms with Crippen molar-refractivity contribution in [3.8, 4) is 5.75 Å². The largest absolute Gasteiger partial charge is 0.484 e. The molecule has 0 fully saturated rings. The minimum Gasteiger partial charge on any atom is -0.484 e. The number of methoxy groups -OCH3 is 2. The maximum atomic E-state index is 12.5. The van der Waals surface area contributed by atoms with E-state index in [9.17, 15) is 9.59 Å². The van der Waals surface area contributed by atoms with Crippen LogP contribution >= 0.6 is 0 Å². The van der Waals surface area contributed by atoms with Crippen LogP contribution < -0.4 is 4.74 Å². The number of benzene rings is 1. The minimum atomic E-state index is -0.389. The maximum Gasteiger partial charge on any atom is 0.310 e. The number of hydrogen-bond acceptors (Lipinski definition) is 5. The van der Waals surface area contributed by atoms with E-state index in [0.717, 1.165) is 12.0 Å². The molecule has 6 nitrogen and oxygen atoms in total. The average Bonchev–Trinajstić information content (AvgIpc) is 2.64. The first-order chi connectivity index (χ1) is 12.0. The summed E-state index contributed by atoms with van der Waals surface area (Å²) in [4.78, 5) is 25.8. The van der Waals surface area contributed by atoms with Gasteiger partial charge in [-0.25, -0.2) is 0 Å². The molecule has 0 aliphatic heterocycles. The molecular weight excluding hydrogens is 322 g/mol. The van der Waals surface area contributed by atoms with Crippen LogP contribution in [-0.2, 0) is 25.5 Å². The third kappa shape index (κ3) is 7.56. The fourth-order valence-electron chi connectivity index (χ4n) is 2.42. The van der Waals surface area contributed by atoms with Crippen molar-refractivity contribution in [3.05, 3.63) is 29.8 Å². The Labute approximate surface area is 150 Å². The third-order valence-corrected chi connectivity index (χ3v) is 3.90. The van der Waals surface area contributed by atoms with E-state index in [-0.39, 0.29) is 24.4 Å². The number of ether oxygens (including phenoxy) is 3. The summed E-state index contributed by atoms with van der Waals surface area (Å²) >= 11 is 0. The molecule has 0 heterocycles. The van der Waals surface area contributed by atoms with Crippen LogP contribution in [0.5, 0.6) is 5.75 Å². The van der Waals surface area contributed by atoms with E-state index >= 15 is 0 Å². The second kappa shape index (κ2) is 11.5. The van der Waals surface area contributed by atoms with Gasteiger partial charge in [0.15, 0.2) is 6.61 Å². The molecule has 1 atom stereocenters. The van der Waals surface area contributed by atoms with Gasteiger partial charge in [0.2, 0.25) is 0 Å². The lowest BCUT2D eigenvalue weighted by Crippen LogP contribution is -2.40. The van der Waals surface area contributed by atoms with Gasteiger partial charge in [-0.3, -0.25) is 9.59 Å². The summed E-state index contributed by atoms with van der Waals surface area (Å²) in [6.45, 7) is 5.10. The zero-order valence-electron chi connectivity index (χ0n) is 15.6. The summed E-state index contributed by atoms with van der Waals surface area (Å²) in [5.74, 6) is -0.208. The van der Waals surface area contributed by atoms with Crippen LogP contribution in [0.4, 0.5) is 0 Å². The molecule has 140 valence electrons. The molecule has 1 amide bonds. The fourth-order valence-corrected chi connectivity index (χ4v) is 2.42. The smallest absolute Gasteiger partial charge is 0.310 e. The Morgan fingerprint density at radius 1 is 1.24 bits per heavy atom. The van der Waals surface area contributed by atoms with E-state index in [1.54, 1.807) is 18.9 Å². The van der Waals surface area contributed by atoms with Gasteiger partial charge in [-0.05, 0) is 30.5 Å². The van der Waals surface area contributed by atoms with Gasteiger partial charge < -0.3 is 19.1 Å². The molecule has 1 aromatic rings. The molecule has 1 aromatic carbocycles. The summed E-state index contributed by atoms with van der Waals surface area (Å²) in [5.41, 5.74) is 1.15. The second-order valence-electron chi connectivity index (χ2n) is 5.90. The molecule has 0 aliphatic carbocycles. The number of rotatable bonds is 11. The highest BCUT2D eigenvalue weighted by molar-refractivity contribution is 5.79. The Balaban J connectivity index is 2.64. The lowest BCUT2D eigenvalue weighted by Gasteiger charge is -2.25. The zero-order chi connectivity index (χ0) is 18.7. The molecule has 1 rings (SSSR count). The van der Waals surface area contributed by atoms with Crippen LogP contribution in [0.25, 0.3) is 0 Å². The highest BCUT2D eigenvalue weighted by atomic mass is 16.5. The highest BCUT2D eigenvalue weighted by Gasteiger charge is 2.21. The molecule has 0 saturated carbocycles. The van der Waals surface area contributed by atoms with E-state index in [4.69, 9.17) is 14.2 Å². The Morgan fingerprint density at radius 3 is 2.64 bits per heavy atom. The second-order valence-corrected chi connectivity index (χ2v) is 5.90. The summed E-state index contributed by atoms with van der Waals surface area (Å²) in [6, 6.07) is 7.69. The van der Waals surface area contributed by atoms with Gasteiger partial charge in [0.05, 0.1) is 13.0 Å². The van der Waals surface area contributed by atoms with Gasteiger partial charge >= 0.3 is 5.97 Å². The molecule has 0 aromatic heterocycles. The zero-order valence-corrected chi connectivity index (χ0v) is 15.6. The standard InChI is InChI=1S/C19H29NO5/c1-5-16-8-6-9-17(12-16)25-14-18(21)20(10-7-11-23-3)13-15(2)19(22)24-4/h6,8-9,12,15H,5,7,10-11,13-14H2,1-4H3. The summed E-state index contributed by atoms with van der Waals surface area (Å²) < 4.78 is 15.4. The number of aryl methyl sites for hydroxylation is 1. The quantitative estimate of drug-likeness (QED) is 0.452. The molecule has 0 bridgehead atoms. The van der Waals surface area contributed by atoms with Crippen molar-refractivity contribution in [2.45, 2.75) is 26.7 Å². The summed E-state index contributed by atoms with van der Waals surface area (Å²) in [7, 11) is 2.97. The first-order valence-corrected chi connectivity index (χ1v) is 8.58. The van der Waals surface area contributed by atoms with E-state index < -0.39 is 0 Å². The van der Waals surface area contributed by atoms with E-state index in [2.05, 4.69) is 6.92 Å². The topological polar surface area (TPSA) is 65.1 Å². The van der Waals surface area contributed by atoms with Crippen molar-refractivity contribution in [3.63, 3.8) is 0 Å². The summed E-state index contributed by atoms with van der Waals surface area (Å²) in [6.07, 6.45) is 1.60. The molecule has 0 radical (unpaired) electrons. The first kappa shape index (κ1) is 21.0. The summed E-state index contributed by atoms with van der Waals surface area (Å²) in [5, 5.41) is 0. The molecule has 1 unspecified atom stereocenters. The predicted octanol–water partition coefficient (Wildman–Crippen LogP) is 2.30. The molecule has 25 heavy (non-hydrogen) atoms. The van der Waals surface area contributed by atoms with Crippen molar-refractivity contribution in [2.24, 2.45) is 5.92 Å². The molecular formula is C19H29NO5. The Kier molecular flexibility index (Phi) is 9.62. The van der Waals surface area contributed by atoms with Crippen LogP contribution in [-0.4, -0.2) is 57.3 Å². The van der Waals surface area contributed by atoms with Crippen LogP contribution in [0.3, 0.4) is 0 Å². The molecule has 6 heteroatoms. The van der Waals surface area contributed by atoms with Gasteiger partial charge in [-0.15, -0.1) is 0 Å².